The highest BCUT2D eigenvalue weighted by Gasteiger charge is 2.37. The summed E-state index contributed by atoms with van der Waals surface area (Å²) in [6, 6.07) is 7.86. The number of carbonyl (C=O) groups is 1. The summed E-state index contributed by atoms with van der Waals surface area (Å²) < 4.78 is 28.8. The molecule has 1 atom stereocenters. The summed E-state index contributed by atoms with van der Waals surface area (Å²) in [6.45, 7) is 5.01. The van der Waals surface area contributed by atoms with Crippen LogP contribution in [0.25, 0.3) is 0 Å². The van der Waals surface area contributed by atoms with E-state index in [1.807, 2.05) is 36.1 Å². The molecule has 2 aliphatic heterocycles. The number of carbonyl (C=O) groups excluding carboxylic acids is 1. The number of benzene rings is 1. The molecule has 132 valence electrons. The summed E-state index contributed by atoms with van der Waals surface area (Å²) in [5.74, 6) is 1.32. The largest absolute Gasteiger partial charge is 0.484 e. The highest BCUT2D eigenvalue weighted by atomic mass is 32.2. The molecule has 0 bridgehead atoms. The van der Waals surface area contributed by atoms with Gasteiger partial charge in [-0.15, -0.1) is 0 Å². The first kappa shape index (κ1) is 17.2. The maximum absolute atomic E-state index is 12.3. The van der Waals surface area contributed by atoms with E-state index in [9.17, 15) is 13.2 Å². The van der Waals surface area contributed by atoms with Crippen molar-refractivity contribution in [2.24, 2.45) is 0 Å². The van der Waals surface area contributed by atoms with Crippen LogP contribution < -0.4 is 9.64 Å². The minimum absolute atomic E-state index is 0.00500. The van der Waals surface area contributed by atoms with Gasteiger partial charge in [-0.05, 0) is 24.6 Å². The lowest BCUT2D eigenvalue weighted by molar-refractivity contribution is -0.925. The van der Waals surface area contributed by atoms with Crippen molar-refractivity contribution in [3.05, 3.63) is 29.8 Å². The normalized spacial score (nSPS) is 24.0. The van der Waals surface area contributed by atoms with Crippen molar-refractivity contribution in [2.75, 3.05) is 44.3 Å². The van der Waals surface area contributed by atoms with Gasteiger partial charge in [0.1, 0.15) is 17.5 Å². The van der Waals surface area contributed by atoms with Gasteiger partial charge in [-0.2, -0.15) is 0 Å². The second-order valence-electron chi connectivity index (χ2n) is 6.74. The molecule has 1 amide bonds. The quantitative estimate of drug-likeness (QED) is 0.776. The minimum Gasteiger partial charge on any atom is -0.484 e. The maximum atomic E-state index is 12.3. The summed E-state index contributed by atoms with van der Waals surface area (Å²) in [5.41, 5.74) is 1.10. The van der Waals surface area contributed by atoms with Gasteiger partial charge in [0.15, 0.2) is 16.4 Å². The Morgan fingerprint density at radius 1 is 1.33 bits per heavy atom. The van der Waals surface area contributed by atoms with E-state index in [4.69, 9.17) is 4.74 Å². The number of amides is 1. The van der Waals surface area contributed by atoms with Gasteiger partial charge in [-0.1, -0.05) is 12.1 Å². The first-order valence-electron chi connectivity index (χ1n) is 8.45. The van der Waals surface area contributed by atoms with E-state index in [0.717, 1.165) is 25.1 Å². The van der Waals surface area contributed by atoms with Crippen molar-refractivity contribution >= 4 is 15.7 Å². The topological polar surface area (TPSA) is 68.1 Å². The Balaban J connectivity index is 1.45. The van der Waals surface area contributed by atoms with Crippen LogP contribution in [0.5, 0.6) is 5.75 Å². The van der Waals surface area contributed by atoms with E-state index in [1.54, 1.807) is 0 Å². The summed E-state index contributed by atoms with van der Waals surface area (Å²) in [6.07, 6.45) is 0.752. The zero-order chi connectivity index (χ0) is 17.2. The van der Waals surface area contributed by atoms with Gasteiger partial charge in [-0.3, -0.25) is 4.79 Å². The number of ether oxygens (including phenoxy) is 1. The summed E-state index contributed by atoms with van der Waals surface area (Å²) in [5, 5.41) is 0. The van der Waals surface area contributed by atoms with Gasteiger partial charge in [0, 0.05) is 6.42 Å². The number of nitrogens with zero attached hydrogens (tertiary/aromatic N) is 1. The molecule has 3 rings (SSSR count). The molecule has 6 nitrogen and oxygen atoms in total. The minimum atomic E-state index is -2.84. The molecule has 0 unspecified atom stereocenters. The Kier molecular flexibility index (Phi) is 5.10. The Morgan fingerprint density at radius 2 is 2.08 bits per heavy atom. The third kappa shape index (κ3) is 4.27. The lowest BCUT2D eigenvalue weighted by atomic mass is 10.2. The zero-order valence-corrected chi connectivity index (χ0v) is 14.8. The molecule has 1 aromatic rings. The third-order valence-corrected chi connectivity index (χ3v) is 6.69. The molecular weight excluding hydrogens is 328 g/mol. The molecule has 0 aliphatic carbocycles. The number of sulfone groups is 1. The molecule has 2 fully saturated rings. The van der Waals surface area contributed by atoms with Crippen LogP contribution in [0.4, 0.5) is 0 Å². The maximum Gasteiger partial charge on any atom is 0.260 e. The molecule has 1 N–H and O–H groups in total. The van der Waals surface area contributed by atoms with Crippen LogP contribution in [0.2, 0.25) is 0 Å². The van der Waals surface area contributed by atoms with E-state index in [-0.39, 0.29) is 18.6 Å². The standard InChI is InChI=1S/C17H24N2O4S/c1-14-3-2-4-16(11-14)23-12-17(20)19-8-6-18(7-9-19)15-5-10-24(21,22)13-15/h2-4,11,15H,5-10,12-13H2,1H3/p+1/t15-/m0/s1. The number of rotatable bonds is 4. The highest BCUT2D eigenvalue weighted by Crippen LogP contribution is 2.12. The monoisotopic (exact) mass is 353 g/mol. The van der Waals surface area contributed by atoms with Crippen LogP contribution in [0.3, 0.4) is 0 Å². The number of quaternary nitrogens is 1. The first-order valence-corrected chi connectivity index (χ1v) is 10.3. The van der Waals surface area contributed by atoms with Gasteiger partial charge >= 0.3 is 0 Å². The van der Waals surface area contributed by atoms with Crippen LogP contribution >= 0.6 is 0 Å². The second-order valence-corrected chi connectivity index (χ2v) is 8.97. The smallest absolute Gasteiger partial charge is 0.260 e. The first-order chi connectivity index (χ1) is 11.4. The summed E-state index contributed by atoms with van der Waals surface area (Å²) >= 11 is 0. The van der Waals surface area contributed by atoms with Crippen LogP contribution in [-0.4, -0.2) is 69.6 Å². The molecule has 2 saturated heterocycles. The Labute approximate surface area is 143 Å². The fourth-order valence-corrected chi connectivity index (χ4v) is 5.34. The lowest BCUT2D eigenvalue weighted by Gasteiger charge is -2.34. The number of hydrogen-bond donors (Lipinski definition) is 1. The van der Waals surface area contributed by atoms with Crippen LogP contribution in [-0.2, 0) is 14.6 Å². The number of hydrogen-bond acceptors (Lipinski definition) is 4. The molecule has 0 aromatic heterocycles. The van der Waals surface area contributed by atoms with Crippen molar-refractivity contribution in [1.29, 1.82) is 0 Å². The van der Waals surface area contributed by atoms with Gasteiger partial charge in [0.2, 0.25) is 0 Å². The van der Waals surface area contributed by atoms with Crippen molar-refractivity contribution < 1.29 is 22.8 Å². The molecular formula is C17H25N2O4S+. The van der Waals surface area contributed by atoms with Gasteiger partial charge < -0.3 is 14.5 Å². The molecule has 0 saturated carbocycles. The Bertz CT molecular complexity index is 696. The molecule has 2 aliphatic rings. The molecule has 0 spiro atoms. The Hall–Kier alpha value is -1.60. The molecule has 24 heavy (non-hydrogen) atoms. The SMILES string of the molecule is Cc1cccc(OCC(=O)N2CC[NH+]([C@H]3CCS(=O)(=O)C3)CC2)c1. The fraction of sp³-hybridized carbons (Fsp3) is 0.588. The van der Waals surface area contributed by atoms with E-state index in [0.29, 0.717) is 30.3 Å². The predicted octanol–water partition coefficient (Wildman–Crippen LogP) is -0.712. The van der Waals surface area contributed by atoms with Crippen LogP contribution in [0.15, 0.2) is 24.3 Å². The average Bonchev–Trinajstić information content (AvgIpc) is 2.93. The molecule has 7 heteroatoms. The van der Waals surface area contributed by atoms with E-state index in [2.05, 4.69) is 0 Å². The molecule has 2 heterocycles. The van der Waals surface area contributed by atoms with Crippen molar-refractivity contribution in [3.63, 3.8) is 0 Å². The average molecular weight is 353 g/mol. The third-order valence-electron chi connectivity index (χ3n) is 4.92. The van der Waals surface area contributed by atoms with E-state index in [1.165, 1.54) is 4.90 Å². The van der Waals surface area contributed by atoms with E-state index < -0.39 is 9.84 Å². The van der Waals surface area contributed by atoms with Crippen molar-refractivity contribution in [3.8, 4) is 5.75 Å². The van der Waals surface area contributed by atoms with Crippen LogP contribution in [0.1, 0.15) is 12.0 Å². The predicted molar refractivity (Wildman–Crippen MR) is 91.0 cm³/mol. The lowest BCUT2D eigenvalue weighted by Crippen LogP contribution is -3.18. The van der Waals surface area contributed by atoms with E-state index >= 15 is 0 Å². The molecule has 0 radical (unpaired) electrons. The van der Waals surface area contributed by atoms with Crippen molar-refractivity contribution in [1.82, 2.24) is 4.90 Å². The van der Waals surface area contributed by atoms with Gasteiger partial charge in [0.05, 0.1) is 31.9 Å². The number of piperazine rings is 1. The highest BCUT2D eigenvalue weighted by molar-refractivity contribution is 7.91. The number of nitrogens with one attached hydrogen (secondary N) is 1. The summed E-state index contributed by atoms with van der Waals surface area (Å²) in [4.78, 5) is 15.4. The molecule has 1 aromatic carbocycles. The fourth-order valence-electron chi connectivity index (χ4n) is 3.51. The second kappa shape index (κ2) is 7.11. The summed E-state index contributed by atoms with van der Waals surface area (Å²) in [7, 11) is -2.84. The van der Waals surface area contributed by atoms with Crippen LogP contribution in [0, 0.1) is 6.92 Å². The number of aryl methyl sites for hydroxylation is 1. The van der Waals surface area contributed by atoms with Crippen molar-refractivity contribution in [2.45, 2.75) is 19.4 Å². The van der Waals surface area contributed by atoms with Gasteiger partial charge in [0.25, 0.3) is 5.91 Å². The zero-order valence-electron chi connectivity index (χ0n) is 14.0. The Morgan fingerprint density at radius 3 is 2.71 bits per heavy atom. The van der Waals surface area contributed by atoms with Gasteiger partial charge in [-0.25, -0.2) is 8.42 Å².